The Morgan fingerprint density at radius 3 is 2.67 bits per heavy atom. The number of nitrogens with one attached hydrogen (secondary N) is 1. The molecule has 6 nitrogen and oxygen atoms in total. The molecule has 1 unspecified atom stereocenters. The van der Waals surface area contributed by atoms with E-state index in [4.69, 9.17) is 14.2 Å². The van der Waals surface area contributed by atoms with E-state index in [0.29, 0.717) is 5.56 Å². The van der Waals surface area contributed by atoms with E-state index in [0.717, 1.165) is 23.5 Å². The number of fused-ring (bicyclic) bond motifs is 2. The number of allylic oxidation sites excluding steroid dienone is 1. The first-order valence-electron chi connectivity index (χ1n) is 10.9. The van der Waals surface area contributed by atoms with Gasteiger partial charge in [-0.05, 0) is 28.9 Å². The highest BCUT2D eigenvalue weighted by atomic mass is 32.2. The molecule has 0 amide bonds. The summed E-state index contributed by atoms with van der Waals surface area (Å²) in [7, 11) is 0. The van der Waals surface area contributed by atoms with Crippen LogP contribution in [0.15, 0.2) is 36.4 Å². The second kappa shape index (κ2) is 8.39. The molecule has 4 atom stereocenters. The fraction of sp³-hybridized carbons (Fsp3) is 0.375. The summed E-state index contributed by atoms with van der Waals surface area (Å²) in [5, 5.41) is 9.87. The smallest absolute Gasteiger partial charge is 0.295 e. The van der Waals surface area contributed by atoms with Crippen LogP contribution in [0.25, 0.3) is 27.7 Å². The van der Waals surface area contributed by atoms with Gasteiger partial charge in [-0.2, -0.15) is 16.7 Å². The van der Waals surface area contributed by atoms with Crippen molar-refractivity contribution in [3.63, 3.8) is 0 Å². The number of aliphatic hydroxyl groups excluding tert-OH is 1. The number of ether oxygens (including phenoxy) is 3. The average molecular weight is 473 g/mol. The van der Waals surface area contributed by atoms with Crippen LogP contribution in [0.4, 0.5) is 8.78 Å². The third kappa shape index (κ3) is 3.73. The molecule has 0 spiro atoms. The van der Waals surface area contributed by atoms with Crippen molar-refractivity contribution in [1.82, 2.24) is 9.97 Å². The van der Waals surface area contributed by atoms with Crippen molar-refractivity contribution < 1.29 is 28.1 Å². The molecule has 0 radical (unpaired) electrons. The highest BCUT2D eigenvalue weighted by Gasteiger charge is 2.48. The molecule has 3 aromatic rings. The molecule has 172 valence electrons. The molecule has 3 aliphatic rings. The number of nitrogens with zero attached hydrogens (tertiary/aromatic N) is 1. The molecule has 4 heterocycles. The lowest BCUT2D eigenvalue weighted by atomic mass is 9.98. The summed E-state index contributed by atoms with van der Waals surface area (Å²) in [5.41, 5.74) is 2.88. The minimum absolute atomic E-state index is 0.000306. The molecule has 3 aliphatic heterocycles. The lowest BCUT2D eigenvalue weighted by Crippen LogP contribution is -2.34. The third-order valence-electron chi connectivity index (χ3n) is 6.40. The van der Waals surface area contributed by atoms with Gasteiger partial charge < -0.3 is 24.3 Å². The average Bonchev–Trinajstić information content (AvgIpc) is 3.52. The van der Waals surface area contributed by atoms with E-state index in [1.807, 2.05) is 23.9 Å². The Morgan fingerprint density at radius 2 is 1.88 bits per heavy atom. The fourth-order valence-electron chi connectivity index (χ4n) is 4.71. The molecule has 33 heavy (non-hydrogen) atoms. The Hall–Kier alpha value is -2.46. The first-order valence-corrected chi connectivity index (χ1v) is 12.1. The molecule has 9 heteroatoms. The summed E-state index contributed by atoms with van der Waals surface area (Å²) in [6, 6.07) is 8.59. The van der Waals surface area contributed by atoms with Gasteiger partial charge in [0, 0.05) is 11.8 Å². The Bertz CT molecular complexity index is 1230. The number of hydrogen-bond donors (Lipinski definition) is 2. The van der Waals surface area contributed by atoms with Crippen LogP contribution in [-0.4, -0.2) is 64.2 Å². The standard InChI is InChI=1S/C24H22F2N2O4S/c25-15-9-16-21(28-24(27-16)32-18-11-31-22-17(29)10-30-23(18)22)20(26)19(15)14-3-1-12(2-4-14)13-5-7-33-8-6-13/h1-5,9,17-18,22-23,29H,6-8,10-11H2,(H,27,28)/t17-,18-,22?,23-/m1/s1. The number of aliphatic hydroxyl groups is 1. The first kappa shape index (κ1) is 21.1. The number of aromatic amines is 1. The minimum Gasteiger partial charge on any atom is -0.456 e. The lowest BCUT2D eigenvalue weighted by molar-refractivity contribution is 0.00706. The van der Waals surface area contributed by atoms with Crippen LogP contribution in [0.5, 0.6) is 6.01 Å². The highest BCUT2D eigenvalue weighted by molar-refractivity contribution is 7.99. The molecular weight excluding hydrogens is 450 g/mol. The number of rotatable bonds is 4. The van der Waals surface area contributed by atoms with Crippen molar-refractivity contribution in [3.05, 3.63) is 53.6 Å². The number of benzene rings is 2. The zero-order valence-corrected chi connectivity index (χ0v) is 18.4. The molecule has 2 saturated heterocycles. The third-order valence-corrected chi connectivity index (χ3v) is 7.30. The Labute approximate surface area is 192 Å². The Balaban J connectivity index is 1.29. The van der Waals surface area contributed by atoms with Gasteiger partial charge >= 0.3 is 0 Å². The van der Waals surface area contributed by atoms with E-state index in [-0.39, 0.29) is 35.8 Å². The number of imidazole rings is 1. The van der Waals surface area contributed by atoms with Gasteiger partial charge in [0.15, 0.2) is 11.9 Å². The molecule has 1 aromatic heterocycles. The van der Waals surface area contributed by atoms with Gasteiger partial charge in [0.25, 0.3) is 6.01 Å². The zero-order valence-electron chi connectivity index (χ0n) is 17.6. The fourth-order valence-corrected chi connectivity index (χ4v) is 5.56. The van der Waals surface area contributed by atoms with Crippen LogP contribution < -0.4 is 4.74 Å². The van der Waals surface area contributed by atoms with Crippen molar-refractivity contribution >= 4 is 28.4 Å². The van der Waals surface area contributed by atoms with Crippen LogP contribution in [-0.2, 0) is 9.47 Å². The van der Waals surface area contributed by atoms with E-state index in [1.165, 1.54) is 11.6 Å². The van der Waals surface area contributed by atoms with Crippen molar-refractivity contribution in [2.75, 3.05) is 24.7 Å². The molecule has 0 aliphatic carbocycles. The van der Waals surface area contributed by atoms with Crippen molar-refractivity contribution in [1.29, 1.82) is 0 Å². The largest absolute Gasteiger partial charge is 0.456 e. The van der Waals surface area contributed by atoms with E-state index in [2.05, 4.69) is 16.0 Å². The topological polar surface area (TPSA) is 76.6 Å². The van der Waals surface area contributed by atoms with Gasteiger partial charge in [-0.25, -0.2) is 8.78 Å². The van der Waals surface area contributed by atoms with Gasteiger partial charge in [-0.1, -0.05) is 30.3 Å². The molecule has 0 saturated carbocycles. The number of aromatic nitrogens is 2. The number of halogens is 2. The van der Waals surface area contributed by atoms with Crippen molar-refractivity contribution in [2.45, 2.75) is 30.8 Å². The number of hydrogen-bond acceptors (Lipinski definition) is 6. The first-order chi connectivity index (χ1) is 16.1. The van der Waals surface area contributed by atoms with Gasteiger partial charge in [0.1, 0.15) is 29.6 Å². The summed E-state index contributed by atoms with van der Waals surface area (Å²) in [5.74, 6) is 0.646. The number of H-pyrrole nitrogens is 1. The molecule has 0 bridgehead atoms. The van der Waals surface area contributed by atoms with Crippen LogP contribution in [0, 0.1) is 11.6 Å². The maximum atomic E-state index is 15.4. The van der Waals surface area contributed by atoms with Gasteiger partial charge in [-0.3, -0.25) is 0 Å². The predicted molar refractivity (Wildman–Crippen MR) is 121 cm³/mol. The molecule has 6 rings (SSSR count). The maximum Gasteiger partial charge on any atom is 0.295 e. The highest BCUT2D eigenvalue weighted by Crippen LogP contribution is 2.35. The molecular formula is C24H22F2N2O4S. The van der Waals surface area contributed by atoms with E-state index < -0.39 is 36.1 Å². The number of thioether (sulfide) groups is 1. The van der Waals surface area contributed by atoms with Gasteiger partial charge in [0.2, 0.25) is 0 Å². The summed E-state index contributed by atoms with van der Waals surface area (Å²) in [6.45, 7) is 0.389. The van der Waals surface area contributed by atoms with Crippen molar-refractivity contribution in [2.24, 2.45) is 0 Å². The van der Waals surface area contributed by atoms with E-state index in [9.17, 15) is 9.50 Å². The SMILES string of the molecule is O[C@@H]1CO[C@H]2C1OC[C@H]2Oc1nc2c(F)c(-c3ccc(C4=CCSCC4)cc3)c(F)cc2[nH]1. The van der Waals surface area contributed by atoms with Crippen LogP contribution >= 0.6 is 11.8 Å². The van der Waals surface area contributed by atoms with Crippen LogP contribution in [0.2, 0.25) is 0 Å². The summed E-state index contributed by atoms with van der Waals surface area (Å²) >= 11 is 1.89. The van der Waals surface area contributed by atoms with Crippen LogP contribution in [0.3, 0.4) is 0 Å². The predicted octanol–water partition coefficient (Wildman–Crippen LogP) is 3.93. The minimum atomic E-state index is -0.745. The summed E-state index contributed by atoms with van der Waals surface area (Å²) in [4.78, 5) is 7.05. The maximum absolute atomic E-state index is 15.4. The molecule has 2 fully saturated rings. The van der Waals surface area contributed by atoms with Gasteiger partial charge in [0.05, 0.1) is 24.3 Å². The molecule has 2 aromatic carbocycles. The normalized spacial score (nSPS) is 27.1. The Morgan fingerprint density at radius 1 is 1.09 bits per heavy atom. The van der Waals surface area contributed by atoms with Gasteiger partial charge in [-0.15, -0.1) is 0 Å². The summed E-state index contributed by atoms with van der Waals surface area (Å²) in [6.07, 6.45) is 1.12. The quantitative estimate of drug-likeness (QED) is 0.599. The van der Waals surface area contributed by atoms with Crippen LogP contribution in [0.1, 0.15) is 12.0 Å². The molecule has 2 N–H and O–H groups in total. The second-order valence-corrected chi connectivity index (χ2v) is 9.59. The lowest BCUT2D eigenvalue weighted by Gasteiger charge is -2.15. The van der Waals surface area contributed by atoms with Crippen molar-refractivity contribution in [3.8, 4) is 17.1 Å². The zero-order chi connectivity index (χ0) is 22.5. The van der Waals surface area contributed by atoms with E-state index >= 15 is 4.39 Å². The second-order valence-electron chi connectivity index (χ2n) is 8.44. The van der Waals surface area contributed by atoms with E-state index in [1.54, 1.807) is 12.1 Å². The Kier molecular flexibility index (Phi) is 5.37. The monoisotopic (exact) mass is 472 g/mol. The summed E-state index contributed by atoms with van der Waals surface area (Å²) < 4.78 is 47.2.